The first kappa shape index (κ1) is 11.9. The van der Waals surface area contributed by atoms with E-state index in [2.05, 4.69) is 26.0 Å². The van der Waals surface area contributed by atoms with Crippen LogP contribution >= 0.6 is 0 Å². The van der Waals surface area contributed by atoms with Crippen molar-refractivity contribution in [3.8, 4) is 0 Å². The number of esters is 1. The van der Waals surface area contributed by atoms with E-state index in [1.807, 2.05) is 18.2 Å². The molecule has 0 aliphatic carbocycles. The standard InChI is InChI=1S/C17H16O3/c1-10-8-17(19-9-10)14-7-6-12-11(2)4-3-5-13(12)15(14)16(18)20-17/h3-7,10H,8-9H2,1-2H3/t10?,17-/m0/s1. The van der Waals surface area contributed by atoms with E-state index in [0.29, 0.717) is 18.1 Å². The van der Waals surface area contributed by atoms with Gasteiger partial charge < -0.3 is 9.47 Å². The molecule has 102 valence electrons. The lowest BCUT2D eigenvalue weighted by Gasteiger charge is -2.22. The first-order valence-corrected chi connectivity index (χ1v) is 7.01. The monoisotopic (exact) mass is 268 g/mol. The molecule has 2 aliphatic rings. The Bertz CT molecular complexity index is 734. The van der Waals surface area contributed by atoms with E-state index < -0.39 is 5.79 Å². The Kier molecular flexibility index (Phi) is 2.28. The minimum absolute atomic E-state index is 0.259. The van der Waals surface area contributed by atoms with Crippen LogP contribution in [0.3, 0.4) is 0 Å². The van der Waals surface area contributed by atoms with Gasteiger partial charge in [-0.3, -0.25) is 0 Å². The molecular formula is C17H16O3. The highest BCUT2D eigenvalue weighted by atomic mass is 16.7. The lowest BCUT2D eigenvalue weighted by Crippen LogP contribution is -2.24. The molecule has 2 aromatic carbocycles. The maximum absolute atomic E-state index is 12.4. The SMILES string of the molecule is Cc1cccc2c3c(ccc12)[C@]1(CC(C)CO1)OC3=O. The van der Waals surface area contributed by atoms with Crippen LogP contribution in [0.5, 0.6) is 0 Å². The van der Waals surface area contributed by atoms with Crippen LogP contribution in [-0.4, -0.2) is 12.6 Å². The van der Waals surface area contributed by atoms with E-state index in [-0.39, 0.29) is 5.97 Å². The molecule has 2 aliphatic heterocycles. The number of hydrogen-bond acceptors (Lipinski definition) is 3. The second-order valence-electron chi connectivity index (χ2n) is 5.92. The van der Waals surface area contributed by atoms with Crippen molar-refractivity contribution >= 4 is 16.7 Å². The van der Waals surface area contributed by atoms with Crippen LogP contribution in [0.15, 0.2) is 30.3 Å². The molecule has 0 radical (unpaired) electrons. The Morgan fingerprint density at radius 1 is 1.20 bits per heavy atom. The van der Waals surface area contributed by atoms with Gasteiger partial charge in [-0.2, -0.15) is 0 Å². The predicted molar refractivity (Wildman–Crippen MR) is 75.5 cm³/mol. The molecule has 2 heterocycles. The van der Waals surface area contributed by atoms with E-state index in [9.17, 15) is 4.79 Å². The molecule has 1 saturated heterocycles. The summed E-state index contributed by atoms with van der Waals surface area (Å²) in [6, 6.07) is 10.1. The summed E-state index contributed by atoms with van der Waals surface area (Å²) >= 11 is 0. The Morgan fingerprint density at radius 2 is 2.05 bits per heavy atom. The minimum Gasteiger partial charge on any atom is -0.425 e. The molecule has 0 bridgehead atoms. The fourth-order valence-electron chi connectivity index (χ4n) is 3.42. The molecule has 20 heavy (non-hydrogen) atoms. The highest BCUT2D eigenvalue weighted by Crippen LogP contribution is 2.48. The Labute approximate surface area is 117 Å². The average Bonchev–Trinajstić information content (AvgIpc) is 2.92. The fourth-order valence-corrected chi connectivity index (χ4v) is 3.42. The minimum atomic E-state index is -0.843. The molecule has 0 amide bonds. The molecule has 0 aromatic heterocycles. The Hall–Kier alpha value is -1.87. The van der Waals surface area contributed by atoms with E-state index in [0.717, 1.165) is 22.8 Å². The number of ether oxygens (including phenoxy) is 2. The van der Waals surface area contributed by atoms with Crippen molar-refractivity contribution in [1.82, 2.24) is 0 Å². The third-order valence-electron chi connectivity index (χ3n) is 4.37. The van der Waals surface area contributed by atoms with E-state index in [1.165, 1.54) is 5.56 Å². The summed E-state index contributed by atoms with van der Waals surface area (Å²) in [4.78, 5) is 12.4. The fraction of sp³-hybridized carbons (Fsp3) is 0.353. The summed E-state index contributed by atoms with van der Waals surface area (Å²) < 4.78 is 11.5. The second-order valence-corrected chi connectivity index (χ2v) is 5.92. The Balaban J connectivity index is 2.01. The van der Waals surface area contributed by atoms with Crippen LogP contribution in [-0.2, 0) is 15.3 Å². The smallest absolute Gasteiger partial charge is 0.342 e. The Morgan fingerprint density at radius 3 is 2.80 bits per heavy atom. The molecule has 2 aromatic rings. The first-order valence-electron chi connectivity index (χ1n) is 7.01. The molecule has 3 heteroatoms. The summed E-state index contributed by atoms with van der Waals surface area (Å²) in [7, 11) is 0. The van der Waals surface area contributed by atoms with Gasteiger partial charge in [0, 0.05) is 12.0 Å². The maximum atomic E-state index is 12.4. The highest BCUT2D eigenvalue weighted by Gasteiger charge is 2.51. The van der Waals surface area contributed by atoms with Gasteiger partial charge in [-0.1, -0.05) is 37.3 Å². The third-order valence-corrected chi connectivity index (χ3v) is 4.37. The van der Waals surface area contributed by atoms with Crippen molar-refractivity contribution in [2.45, 2.75) is 26.1 Å². The van der Waals surface area contributed by atoms with Gasteiger partial charge in [0.25, 0.3) is 0 Å². The molecule has 4 rings (SSSR count). The predicted octanol–water partition coefficient (Wildman–Crippen LogP) is 3.53. The zero-order valence-electron chi connectivity index (χ0n) is 11.6. The third kappa shape index (κ3) is 1.41. The number of carbonyl (C=O) groups is 1. The van der Waals surface area contributed by atoms with Crippen molar-refractivity contribution in [2.75, 3.05) is 6.61 Å². The number of carbonyl (C=O) groups excluding carboxylic acids is 1. The zero-order chi connectivity index (χ0) is 13.9. The van der Waals surface area contributed by atoms with Crippen molar-refractivity contribution < 1.29 is 14.3 Å². The van der Waals surface area contributed by atoms with E-state index in [1.54, 1.807) is 0 Å². The van der Waals surface area contributed by atoms with E-state index >= 15 is 0 Å². The quantitative estimate of drug-likeness (QED) is 0.686. The molecule has 1 fully saturated rings. The topological polar surface area (TPSA) is 35.5 Å². The maximum Gasteiger partial charge on any atom is 0.342 e. The van der Waals surface area contributed by atoms with Gasteiger partial charge >= 0.3 is 5.97 Å². The lowest BCUT2D eigenvalue weighted by molar-refractivity contribution is -0.172. The molecule has 0 N–H and O–H groups in total. The van der Waals surface area contributed by atoms with Gasteiger partial charge in [-0.25, -0.2) is 4.79 Å². The summed E-state index contributed by atoms with van der Waals surface area (Å²) in [5.74, 6) is -0.698. The highest BCUT2D eigenvalue weighted by molar-refractivity contribution is 6.08. The molecule has 0 saturated carbocycles. The van der Waals surface area contributed by atoms with Gasteiger partial charge in [0.1, 0.15) is 0 Å². The molecule has 3 nitrogen and oxygen atoms in total. The van der Waals surface area contributed by atoms with Crippen LogP contribution in [0, 0.1) is 12.8 Å². The molecule has 2 atom stereocenters. The van der Waals surface area contributed by atoms with Crippen molar-refractivity contribution in [1.29, 1.82) is 0 Å². The molecular weight excluding hydrogens is 252 g/mol. The zero-order valence-corrected chi connectivity index (χ0v) is 11.6. The number of hydrogen-bond donors (Lipinski definition) is 0. The number of fused-ring (bicyclic) bond motifs is 4. The van der Waals surface area contributed by atoms with Gasteiger partial charge in [0.15, 0.2) is 0 Å². The average molecular weight is 268 g/mol. The summed E-state index contributed by atoms with van der Waals surface area (Å²) in [6.07, 6.45) is 0.739. The van der Waals surface area contributed by atoms with Crippen LogP contribution < -0.4 is 0 Å². The molecule has 1 unspecified atom stereocenters. The van der Waals surface area contributed by atoms with Gasteiger partial charge in [0.2, 0.25) is 5.79 Å². The van der Waals surface area contributed by atoms with E-state index in [4.69, 9.17) is 9.47 Å². The van der Waals surface area contributed by atoms with Crippen LogP contribution in [0.2, 0.25) is 0 Å². The van der Waals surface area contributed by atoms with Crippen molar-refractivity contribution in [2.24, 2.45) is 5.92 Å². The van der Waals surface area contributed by atoms with Crippen LogP contribution in [0.4, 0.5) is 0 Å². The van der Waals surface area contributed by atoms with Crippen LogP contribution in [0.25, 0.3) is 10.8 Å². The van der Waals surface area contributed by atoms with Crippen molar-refractivity contribution in [3.63, 3.8) is 0 Å². The summed E-state index contributed by atoms with van der Waals surface area (Å²) in [5.41, 5.74) is 2.74. The van der Waals surface area contributed by atoms with Crippen molar-refractivity contribution in [3.05, 3.63) is 47.0 Å². The lowest BCUT2D eigenvalue weighted by atomic mass is 9.92. The number of rotatable bonds is 0. The number of aryl methyl sites for hydroxylation is 1. The van der Waals surface area contributed by atoms with Gasteiger partial charge in [-0.15, -0.1) is 0 Å². The summed E-state index contributed by atoms with van der Waals surface area (Å²) in [5, 5.41) is 2.07. The molecule has 1 spiro atoms. The summed E-state index contributed by atoms with van der Waals surface area (Å²) in [6.45, 7) is 4.81. The largest absolute Gasteiger partial charge is 0.425 e. The van der Waals surface area contributed by atoms with Gasteiger partial charge in [-0.05, 0) is 29.2 Å². The van der Waals surface area contributed by atoms with Crippen LogP contribution in [0.1, 0.15) is 34.8 Å². The number of benzene rings is 2. The normalized spacial score (nSPS) is 28.1. The van der Waals surface area contributed by atoms with Gasteiger partial charge in [0.05, 0.1) is 12.2 Å². The second kappa shape index (κ2) is 3.83. The first-order chi connectivity index (χ1) is 9.61.